The van der Waals surface area contributed by atoms with Gasteiger partial charge < -0.3 is 9.47 Å². The first kappa shape index (κ1) is 8.42. The predicted octanol–water partition coefficient (Wildman–Crippen LogP) is 2.58. The SMILES string of the molecule is COc1cc2c(cc1OC)S[C+]=C2. The second-order valence-corrected chi connectivity index (χ2v) is 3.49. The van der Waals surface area contributed by atoms with Gasteiger partial charge in [-0.15, -0.1) is 0 Å². The second kappa shape index (κ2) is 3.29. The van der Waals surface area contributed by atoms with Crippen LogP contribution in [0.2, 0.25) is 0 Å². The third-order valence-corrected chi connectivity index (χ3v) is 2.71. The average molecular weight is 193 g/mol. The van der Waals surface area contributed by atoms with Crippen molar-refractivity contribution < 1.29 is 9.47 Å². The quantitative estimate of drug-likeness (QED) is 0.672. The zero-order valence-electron chi connectivity index (χ0n) is 7.46. The van der Waals surface area contributed by atoms with Gasteiger partial charge in [-0.05, 0) is 0 Å². The van der Waals surface area contributed by atoms with Gasteiger partial charge in [0.2, 0.25) is 0 Å². The molecule has 1 aliphatic rings. The average Bonchev–Trinajstić information content (AvgIpc) is 2.62. The Morgan fingerprint density at radius 3 is 2.54 bits per heavy atom. The minimum atomic E-state index is 0.766. The van der Waals surface area contributed by atoms with Gasteiger partial charge in [0.05, 0.1) is 32.0 Å². The van der Waals surface area contributed by atoms with E-state index in [1.807, 2.05) is 18.2 Å². The van der Waals surface area contributed by atoms with Gasteiger partial charge in [0.25, 0.3) is 0 Å². The predicted molar refractivity (Wildman–Crippen MR) is 53.1 cm³/mol. The number of thioether (sulfide) groups is 1. The summed E-state index contributed by atoms with van der Waals surface area (Å²) in [4.78, 5) is 1.16. The summed E-state index contributed by atoms with van der Waals surface area (Å²) in [6.45, 7) is 0. The van der Waals surface area contributed by atoms with Gasteiger partial charge in [-0.1, -0.05) is 0 Å². The summed E-state index contributed by atoms with van der Waals surface area (Å²) >= 11 is 1.58. The molecule has 0 bridgehead atoms. The highest BCUT2D eigenvalue weighted by Crippen LogP contribution is 2.39. The van der Waals surface area contributed by atoms with E-state index in [9.17, 15) is 0 Å². The van der Waals surface area contributed by atoms with Gasteiger partial charge in [0.1, 0.15) is 15.9 Å². The smallest absolute Gasteiger partial charge is 0.181 e. The molecule has 0 atom stereocenters. The molecule has 0 unspecified atom stereocenters. The van der Waals surface area contributed by atoms with Gasteiger partial charge in [-0.2, -0.15) is 0 Å². The highest BCUT2D eigenvalue weighted by atomic mass is 32.2. The van der Waals surface area contributed by atoms with Crippen molar-refractivity contribution in [3.8, 4) is 11.5 Å². The van der Waals surface area contributed by atoms with Gasteiger partial charge in [0, 0.05) is 6.07 Å². The van der Waals surface area contributed by atoms with E-state index >= 15 is 0 Å². The molecule has 0 amide bonds. The van der Waals surface area contributed by atoms with Crippen LogP contribution in [0.15, 0.2) is 17.0 Å². The van der Waals surface area contributed by atoms with Crippen LogP contribution in [0.1, 0.15) is 5.56 Å². The number of methoxy groups -OCH3 is 2. The topological polar surface area (TPSA) is 18.5 Å². The molecule has 0 aliphatic carbocycles. The number of hydrogen-bond acceptors (Lipinski definition) is 3. The molecule has 13 heavy (non-hydrogen) atoms. The van der Waals surface area contributed by atoms with Crippen molar-refractivity contribution in [3.63, 3.8) is 0 Å². The number of ether oxygens (including phenoxy) is 2. The molecule has 66 valence electrons. The molecule has 0 aromatic heterocycles. The van der Waals surface area contributed by atoms with Crippen LogP contribution in [0.3, 0.4) is 0 Å². The third kappa shape index (κ3) is 1.37. The highest BCUT2D eigenvalue weighted by molar-refractivity contribution is 8.01. The normalized spacial score (nSPS) is 12.2. The lowest BCUT2D eigenvalue weighted by molar-refractivity contribution is 0.354. The molecule has 2 nitrogen and oxygen atoms in total. The molecule has 1 aromatic rings. The van der Waals surface area contributed by atoms with Crippen molar-refractivity contribution in [2.24, 2.45) is 0 Å². The molecule has 0 saturated carbocycles. The Hall–Kier alpha value is -1.18. The first-order valence-electron chi connectivity index (χ1n) is 3.87. The van der Waals surface area contributed by atoms with E-state index in [1.165, 1.54) is 0 Å². The van der Waals surface area contributed by atoms with E-state index < -0.39 is 0 Å². The largest absolute Gasteiger partial charge is 0.493 e. The number of fused-ring (bicyclic) bond motifs is 1. The molecule has 2 rings (SSSR count). The van der Waals surface area contributed by atoms with Gasteiger partial charge in [-0.3, -0.25) is 0 Å². The van der Waals surface area contributed by atoms with Crippen molar-refractivity contribution in [3.05, 3.63) is 23.1 Å². The summed E-state index contributed by atoms with van der Waals surface area (Å²) in [6, 6.07) is 3.93. The Labute approximate surface area is 81.5 Å². The monoisotopic (exact) mass is 193 g/mol. The van der Waals surface area contributed by atoms with E-state index in [2.05, 4.69) is 5.41 Å². The van der Waals surface area contributed by atoms with Crippen molar-refractivity contribution >= 4 is 17.8 Å². The van der Waals surface area contributed by atoms with E-state index in [4.69, 9.17) is 9.47 Å². The summed E-state index contributed by atoms with van der Waals surface area (Å²) in [7, 11) is 3.28. The van der Waals surface area contributed by atoms with Crippen molar-refractivity contribution in [1.82, 2.24) is 0 Å². The van der Waals surface area contributed by atoms with Crippen LogP contribution >= 0.6 is 11.8 Å². The third-order valence-electron chi connectivity index (χ3n) is 1.90. The van der Waals surface area contributed by atoms with Crippen LogP contribution in [0.5, 0.6) is 11.5 Å². The maximum absolute atomic E-state index is 5.18. The number of rotatable bonds is 2. The Bertz CT molecular complexity index is 358. The molecule has 0 fully saturated rings. The molecule has 0 spiro atoms. The molecule has 3 heteroatoms. The van der Waals surface area contributed by atoms with Crippen LogP contribution in [-0.4, -0.2) is 14.2 Å². The van der Waals surface area contributed by atoms with Crippen molar-refractivity contribution in [2.75, 3.05) is 14.2 Å². The summed E-state index contributed by atoms with van der Waals surface area (Å²) in [6.07, 6.45) is 1.95. The van der Waals surface area contributed by atoms with Gasteiger partial charge in [0.15, 0.2) is 17.6 Å². The summed E-state index contributed by atoms with van der Waals surface area (Å²) in [5, 5.41) is 3.07. The van der Waals surface area contributed by atoms with E-state index in [1.54, 1.807) is 26.0 Å². The molecular formula is C10H9O2S+. The van der Waals surface area contributed by atoms with Crippen LogP contribution in [-0.2, 0) is 0 Å². The van der Waals surface area contributed by atoms with Gasteiger partial charge >= 0.3 is 0 Å². The Morgan fingerprint density at radius 2 is 1.85 bits per heavy atom. The first-order chi connectivity index (χ1) is 6.35. The van der Waals surface area contributed by atoms with Crippen molar-refractivity contribution in [2.45, 2.75) is 4.90 Å². The molecule has 0 N–H and O–H groups in total. The fourth-order valence-corrected chi connectivity index (χ4v) is 1.95. The molecule has 1 aromatic carbocycles. The molecule has 0 saturated heterocycles. The number of benzene rings is 1. The fraction of sp³-hybridized carbons (Fsp3) is 0.200. The van der Waals surface area contributed by atoms with Gasteiger partial charge in [-0.25, -0.2) is 0 Å². The standard InChI is InChI=1S/C10H9O2S/c1-11-8-5-7-3-4-13-10(7)6-9(8)12-2/h3,5-6H,1-2H3/q+1. The van der Waals surface area contributed by atoms with Crippen molar-refractivity contribution in [1.29, 1.82) is 0 Å². The zero-order chi connectivity index (χ0) is 9.26. The Balaban J connectivity index is 2.51. The molecule has 0 radical (unpaired) electrons. The molecular weight excluding hydrogens is 184 g/mol. The Morgan fingerprint density at radius 1 is 1.15 bits per heavy atom. The molecule has 1 aliphatic heterocycles. The second-order valence-electron chi connectivity index (χ2n) is 2.61. The maximum Gasteiger partial charge on any atom is 0.181 e. The highest BCUT2D eigenvalue weighted by Gasteiger charge is 2.21. The minimum absolute atomic E-state index is 0.766. The van der Waals surface area contributed by atoms with E-state index in [0.717, 1.165) is 22.0 Å². The zero-order valence-corrected chi connectivity index (χ0v) is 8.27. The number of hydrogen-bond donors (Lipinski definition) is 0. The minimum Gasteiger partial charge on any atom is -0.493 e. The lowest BCUT2D eigenvalue weighted by Gasteiger charge is -2.05. The summed E-state index contributed by atoms with van der Waals surface area (Å²) in [5.74, 6) is 1.53. The lowest BCUT2D eigenvalue weighted by atomic mass is 10.2. The summed E-state index contributed by atoms with van der Waals surface area (Å²) in [5.41, 5.74) is 1.14. The molecule has 1 heterocycles. The maximum atomic E-state index is 5.18. The van der Waals surface area contributed by atoms with Crippen LogP contribution < -0.4 is 9.47 Å². The Kier molecular flexibility index (Phi) is 2.13. The van der Waals surface area contributed by atoms with E-state index in [0.29, 0.717) is 0 Å². The summed E-state index contributed by atoms with van der Waals surface area (Å²) < 4.78 is 10.4. The van der Waals surface area contributed by atoms with Crippen LogP contribution in [0.4, 0.5) is 0 Å². The lowest BCUT2D eigenvalue weighted by Crippen LogP contribution is -1.91. The van der Waals surface area contributed by atoms with E-state index in [-0.39, 0.29) is 0 Å². The fourth-order valence-electron chi connectivity index (χ4n) is 1.23. The van der Waals surface area contributed by atoms with Crippen LogP contribution in [0.25, 0.3) is 6.08 Å². The van der Waals surface area contributed by atoms with Crippen LogP contribution in [0, 0.1) is 5.41 Å². The first-order valence-corrected chi connectivity index (χ1v) is 4.68.